The number of pyridine rings is 1. The highest BCUT2D eigenvalue weighted by Crippen LogP contribution is 2.13. The summed E-state index contributed by atoms with van der Waals surface area (Å²) in [7, 11) is 0. The van der Waals surface area contributed by atoms with Gasteiger partial charge in [0, 0.05) is 42.9 Å². The molecule has 7 heteroatoms. The second kappa shape index (κ2) is 10.4. The molecule has 0 saturated heterocycles. The zero-order chi connectivity index (χ0) is 19.6. The largest absolute Gasteiger partial charge is 0.355 e. The van der Waals surface area contributed by atoms with Gasteiger partial charge < -0.3 is 5.32 Å². The lowest BCUT2D eigenvalue weighted by molar-refractivity contribution is -0.118. The minimum atomic E-state index is -0.155. The van der Waals surface area contributed by atoms with Crippen LogP contribution >= 0.6 is 11.8 Å². The van der Waals surface area contributed by atoms with E-state index < -0.39 is 0 Å². The van der Waals surface area contributed by atoms with Crippen molar-refractivity contribution in [3.05, 3.63) is 82.9 Å². The van der Waals surface area contributed by atoms with Gasteiger partial charge in [-0.15, -0.1) is 11.8 Å². The molecule has 1 N–H and O–H groups in total. The molecule has 0 spiro atoms. The molecule has 0 aliphatic carbocycles. The Morgan fingerprint density at radius 3 is 2.71 bits per heavy atom. The molecule has 1 amide bonds. The molecule has 144 valence electrons. The summed E-state index contributed by atoms with van der Waals surface area (Å²) in [5, 5.41) is 7.28. The van der Waals surface area contributed by atoms with E-state index in [9.17, 15) is 9.59 Å². The highest BCUT2D eigenvalue weighted by atomic mass is 32.2. The highest BCUT2D eigenvalue weighted by Gasteiger charge is 2.05. The molecule has 6 nitrogen and oxygen atoms in total. The number of nitrogens with zero attached hydrogens (tertiary/aromatic N) is 3. The lowest BCUT2D eigenvalue weighted by atomic mass is 10.2. The van der Waals surface area contributed by atoms with Crippen LogP contribution in [-0.4, -0.2) is 33.0 Å². The van der Waals surface area contributed by atoms with E-state index in [4.69, 9.17) is 0 Å². The topological polar surface area (TPSA) is 76.9 Å². The number of hydrogen-bond donors (Lipinski definition) is 1. The van der Waals surface area contributed by atoms with Crippen LogP contribution in [0.4, 0.5) is 0 Å². The molecule has 2 heterocycles. The molecule has 0 atom stereocenters. The van der Waals surface area contributed by atoms with Crippen LogP contribution in [0.2, 0.25) is 0 Å². The Bertz CT molecular complexity index is 945. The molecule has 0 unspecified atom stereocenters. The van der Waals surface area contributed by atoms with Crippen LogP contribution in [0.25, 0.3) is 11.3 Å². The lowest BCUT2D eigenvalue weighted by Crippen LogP contribution is -2.29. The molecule has 2 aromatic heterocycles. The van der Waals surface area contributed by atoms with E-state index in [2.05, 4.69) is 27.5 Å². The summed E-state index contributed by atoms with van der Waals surface area (Å²) in [4.78, 5) is 28.0. The van der Waals surface area contributed by atoms with Crippen LogP contribution in [0.3, 0.4) is 0 Å². The molecule has 0 radical (unpaired) electrons. The van der Waals surface area contributed by atoms with Crippen LogP contribution in [0, 0.1) is 0 Å². The molecule has 3 rings (SSSR count). The number of amides is 1. The summed E-state index contributed by atoms with van der Waals surface area (Å²) in [6, 6.07) is 17.0. The van der Waals surface area contributed by atoms with Crippen LogP contribution in [0.15, 0.2) is 71.8 Å². The van der Waals surface area contributed by atoms with E-state index >= 15 is 0 Å². The summed E-state index contributed by atoms with van der Waals surface area (Å²) < 4.78 is 1.43. The van der Waals surface area contributed by atoms with Crippen molar-refractivity contribution in [2.45, 2.75) is 18.7 Å². The van der Waals surface area contributed by atoms with Crippen molar-refractivity contribution in [2.75, 3.05) is 12.3 Å². The van der Waals surface area contributed by atoms with Crippen molar-refractivity contribution >= 4 is 17.7 Å². The standard InChI is InChI=1S/C21H22N4O2S/c26-20(16-28-15-17-6-2-1-3-7-17)23-12-5-13-25-21(27)10-9-19(24-25)18-8-4-11-22-14-18/h1-4,6-11,14H,5,12-13,15-16H2,(H,23,26). The zero-order valence-electron chi connectivity index (χ0n) is 15.5. The van der Waals surface area contributed by atoms with Crippen LogP contribution < -0.4 is 10.9 Å². The molecule has 0 bridgehead atoms. The Kier molecular flexibility index (Phi) is 7.37. The van der Waals surface area contributed by atoms with E-state index in [-0.39, 0.29) is 11.5 Å². The first kappa shape index (κ1) is 19.8. The number of nitrogens with one attached hydrogen (secondary N) is 1. The van der Waals surface area contributed by atoms with Crippen LogP contribution in [-0.2, 0) is 17.1 Å². The van der Waals surface area contributed by atoms with Gasteiger partial charge in [-0.25, -0.2) is 4.68 Å². The second-order valence-electron chi connectivity index (χ2n) is 6.20. The van der Waals surface area contributed by atoms with E-state index in [1.807, 2.05) is 30.3 Å². The predicted octanol–water partition coefficient (Wildman–Crippen LogP) is 2.75. The van der Waals surface area contributed by atoms with Gasteiger partial charge in [0.25, 0.3) is 5.56 Å². The summed E-state index contributed by atoms with van der Waals surface area (Å²) in [6.07, 6.45) is 4.04. The fourth-order valence-corrected chi connectivity index (χ4v) is 3.44. The summed E-state index contributed by atoms with van der Waals surface area (Å²) in [6.45, 7) is 0.959. The Labute approximate surface area is 168 Å². The van der Waals surface area contributed by atoms with Gasteiger partial charge in [-0.3, -0.25) is 14.6 Å². The molecule has 0 aliphatic rings. The number of rotatable bonds is 9. The van der Waals surface area contributed by atoms with Crippen LogP contribution in [0.1, 0.15) is 12.0 Å². The first-order chi connectivity index (χ1) is 13.7. The summed E-state index contributed by atoms with van der Waals surface area (Å²) in [5.41, 5.74) is 2.62. The molecule has 1 aromatic carbocycles. The van der Waals surface area contributed by atoms with E-state index in [0.29, 0.717) is 31.0 Å². The van der Waals surface area contributed by atoms with Crippen molar-refractivity contribution in [1.82, 2.24) is 20.1 Å². The maximum Gasteiger partial charge on any atom is 0.266 e. The Balaban J connectivity index is 1.41. The normalized spacial score (nSPS) is 10.6. The molecular weight excluding hydrogens is 372 g/mol. The Morgan fingerprint density at radius 2 is 1.93 bits per heavy atom. The van der Waals surface area contributed by atoms with E-state index in [1.54, 1.807) is 30.2 Å². The number of aromatic nitrogens is 3. The number of thioether (sulfide) groups is 1. The zero-order valence-corrected chi connectivity index (χ0v) is 16.3. The van der Waals surface area contributed by atoms with Gasteiger partial charge in [-0.1, -0.05) is 30.3 Å². The Morgan fingerprint density at radius 1 is 1.07 bits per heavy atom. The lowest BCUT2D eigenvalue weighted by Gasteiger charge is -2.08. The minimum absolute atomic E-state index is 0.00495. The van der Waals surface area contributed by atoms with E-state index in [0.717, 1.165) is 11.3 Å². The average Bonchev–Trinajstić information content (AvgIpc) is 2.74. The average molecular weight is 395 g/mol. The van der Waals surface area contributed by atoms with Gasteiger partial charge in [0.1, 0.15) is 0 Å². The number of carbonyl (C=O) groups is 1. The minimum Gasteiger partial charge on any atom is -0.355 e. The van der Waals surface area contributed by atoms with Gasteiger partial charge in [-0.05, 0) is 30.2 Å². The fourth-order valence-electron chi connectivity index (χ4n) is 2.62. The molecule has 28 heavy (non-hydrogen) atoms. The van der Waals surface area contributed by atoms with Crippen LogP contribution in [0.5, 0.6) is 0 Å². The molecule has 0 fully saturated rings. The van der Waals surface area contributed by atoms with Crippen molar-refractivity contribution in [3.8, 4) is 11.3 Å². The van der Waals surface area contributed by atoms with Crippen molar-refractivity contribution < 1.29 is 4.79 Å². The van der Waals surface area contributed by atoms with Crippen molar-refractivity contribution in [1.29, 1.82) is 0 Å². The molecular formula is C21H22N4O2S. The molecule has 3 aromatic rings. The number of benzene rings is 1. The monoisotopic (exact) mass is 394 g/mol. The van der Waals surface area contributed by atoms with Gasteiger partial charge in [0.05, 0.1) is 11.4 Å². The fraction of sp³-hybridized carbons (Fsp3) is 0.238. The van der Waals surface area contributed by atoms with E-state index in [1.165, 1.54) is 16.3 Å². The third-order valence-corrected chi connectivity index (χ3v) is 5.04. The second-order valence-corrected chi connectivity index (χ2v) is 7.19. The summed E-state index contributed by atoms with van der Waals surface area (Å²) >= 11 is 1.59. The Hall–Kier alpha value is -2.93. The maximum atomic E-state index is 12.0. The number of carbonyl (C=O) groups excluding carboxylic acids is 1. The third-order valence-electron chi connectivity index (χ3n) is 4.04. The predicted molar refractivity (Wildman–Crippen MR) is 112 cm³/mol. The first-order valence-corrected chi connectivity index (χ1v) is 10.2. The maximum absolute atomic E-state index is 12.0. The van der Waals surface area contributed by atoms with Gasteiger partial charge in [-0.2, -0.15) is 5.10 Å². The smallest absolute Gasteiger partial charge is 0.266 e. The summed E-state index contributed by atoms with van der Waals surface area (Å²) in [5.74, 6) is 1.24. The highest BCUT2D eigenvalue weighted by molar-refractivity contribution is 7.99. The van der Waals surface area contributed by atoms with Gasteiger partial charge >= 0.3 is 0 Å². The third kappa shape index (κ3) is 6.06. The van der Waals surface area contributed by atoms with Crippen molar-refractivity contribution in [3.63, 3.8) is 0 Å². The van der Waals surface area contributed by atoms with Crippen molar-refractivity contribution in [2.24, 2.45) is 0 Å². The van der Waals surface area contributed by atoms with Gasteiger partial charge in [0.15, 0.2) is 0 Å². The molecule has 0 aliphatic heterocycles. The number of hydrogen-bond acceptors (Lipinski definition) is 5. The van der Waals surface area contributed by atoms with Gasteiger partial charge in [0.2, 0.25) is 5.91 Å². The SMILES string of the molecule is O=C(CSCc1ccccc1)NCCCn1nc(-c2cccnc2)ccc1=O. The quantitative estimate of drug-likeness (QED) is 0.565. The molecule has 0 saturated carbocycles. The number of aryl methyl sites for hydroxylation is 1. The first-order valence-electron chi connectivity index (χ1n) is 9.09.